The third-order valence-corrected chi connectivity index (χ3v) is 10.9. The van der Waals surface area contributed by atoms with Gasteiger partial charge in [-0.1, -0.05) is 96.6 Å². The molecule has 1 aromatic heterocycles. The van der Waals surface area contributed by atoms with Gasteiger partial charge in [0.25, 0.3) is 0 Å². The number of hydrogen-bond donors (Lipinski definition) is 0. The molecule has 47 heavy (non-hydrogen) atoms. The molecule has 0 atom stereocenters. The van der Waals surface area contributed by atoms with Gasteiger partial charge in [-0.25, -0.2) is 4.79 Å². The van der Waals surface area contributed by atoms with Crippen molar-refractivity contribution in [3.8, 4) is 16.9 Å². The van der Waals surface area contributed by atoms with Gasteiger partial charge in [0, 0.05) is 10.4 Å². The van der Waals surface area contributed by atoms with E-state index in [1.165, 1.54) is 44.5 Å². The number of benzene rings is 5. The van der Waals surface area contributed by atoms with E-state index in [9.17, 15) is 9.59 Å². The van der Waals surface area contributed by atoms with Crippen LogP contribution in [0.4, 0.5) is 16.4 Å². The largest absolute Gasteiger partial charge is 0.422 e. The maximum absolute atomic E-state index is 13.7. The van der Waals surface area contributed by atoms with Gasteiger partial charge >= 0.3 is 5.97 Å². The molecule has 5 heteroatoms. The molecule has 0 N–H and O–H groups in total. The minimum Gasteiger partial charge on any atom is -0.422 e. The predicted molar refractivity (Wildman–Crippen MR) is 188 cm³/mol. The second-order valence-corrected chi connectivity index (χ2v) is 13.6. The summed E-state index contributed by atoms with van der Waals surface area (Å²) in [6.45, 7) is 6.48. The Morgan fingerprint density at radius 1 is 0.660 bits per heavy atom. The molecule has 3 aliphatic rings. The molecule has 5 aromatic carbocycles. The summed E-state index contributed by atoms with van der Waals surface area (Å²) in [6.07, 6.45) is 1.72. The summed E-state index contributed by atoms with van der Waals surface area (Å²) in [5.41, 5.74) is 12.9. The summed E-state index contributed by atoms with van der Waals surface area (Å²) in [6, 6.07) is 39.7. The van der Waals surface area contributed by atoms with Crippen molar-refractivity contribution in [2.24, 2.45) is 0 Å². The maximum Gasteiger partial charge on any atom is 0.347 e. The molecule has 0 saturated heterocycles. The van der Waals surface area contributed by atoms with Crippen molar-refractivity contribution >= 4 is 45.5 Å². The summed E-state index contributed by atoms with van der Waals surface area (Å²) in [4.78, 5) is 30.1. The van der Waals surface area contributed by atoms with E-state index < -0.39 is 11.4 Å². The van der Waals surface area contributed by atoms with Gasteiger partial charge in [-0.05, 0) is 90.1 Å². The summed E-state index contributed by atoms with van der Waals surface area (Å²) in [5.74, 6) is -0.647. The van der Waals surface area contributed by atoms with E-state index >= 15 is 0 Å². The van der Waals surface area contributed by atoms with Crippen molar-refractivity contribution in [3.63, 3.8) is 0 Å². The normalized spacial score (nSPS) is 16.0. The number of carbonyl (C=O) groups excluding carboxylic acids is 2. The third kappa shape index (κ3) is 3.75. The standard InChI is InChI=1S/C42H29NO3S/c1-24-20-25(2)38(26(3)21-24)43-36-18-10-9-17-34(36)42(32-15-7-4-12-28(32)29-13-5-8-16-33(29)42)35-23-27(47-40(35)43)22-31-39(44)30-14-6-11-19-37(30)46-41(31)45/h4-23H,1-3H3/b31-22-. The van der Waals surface area contributed by atoms with Crippen LogP contribution in [-0.2, 0) is 10.2 Å². The van der Waals surface area contributed by atoms with E-state index in [2.05, 4.69) is 117 Å². The van der Waals surface area contributed by atoms with E-state index in [0.717, 1.165) is 26.8 Å². The second-order valence-electron chi connectivity index (χ2n) is 12.6. The summed E-state index contributed by atoms with van der Waals surface area (Å²) >= 11 is 1.60. The zero-order chi connectivity index (χ0) is 32.0. The highest BCUT2D eigenvalue weighted by molar-refractivity contribution is 7.17. The number of fused-ring (bicyclic) bond motifs is 10. The molecule has 0 bridgehead atoms. The molecule has 6 aromatic rings. The fourth-order valence-corrected chi connectivity index (χ4v) is 9.29. The van der Waals surface area contributed by atoms with Crippen molar-refractivity contribution in [3.05, 3.63) is 170 Å². The van der Waals surface area contributed by atoms with Crippen LogP contribution in [0.5, 0.6) is 5.75 Å². The molecule has 0 unspecified atom stereocenters. The lowest BCUT2D eigenvalue weighted by molar-refractivity contribution is -0.130. The van der Waals surface area contributed by atoms with Crippen LogP contribution in [0.2, 0.25) is 0 Å². The molecule has 2 aliphatic heterocycles. The molecule has 0 fully saturated rings. The molecule has 9 rings (SSSR count). The number of rotatable bonds is 2. The highest BCUT2D eigenvalue weighted by Gasteiger charge is 2.52. The molecule has 3 heterocycles. The number of carbonyl (C=O) groups is 2. The summed E-state index contributed by atoms with van der Waals surface area (Å²) < 4.78 is 5.63. The topological polar surface area (TPSA) is 46.6 Å². The van der Waals surface area contributed by atoms with Crippen LogP contribution in [0.15, 0.2) is 121 Å². The van der Waals surface area contributed by atoms with Gasteiger partial charge in [0.15, 0.2) is 0 Å². The smallest absolute Gasteiger partial charge is 0.347 e. The van der Waals surface area contributed by atoms with Crippen LogP contribution in [-0.4, -0.2) is 11.8 Å². The number of anilines is 3. The predicted octanol–water partition coefficient (Wildman–Crippen LogP) is 10.0. The van der Waals surface area contributed by atoms with Crippen molar-refractivity contribution in [1.82, 2.24) is 0 Å². The Morgan fingerprint density at radius 2 is 1.23 bits per heavy atom. The van der Waals surface area contributed by atoms with Gasteiger partial charge < -0.3 is 9.64 Å². The van der Waals surface area contributed by atoms with Crippen LogP contribution in [0.25, 0.3) is 17.2 Å². The van der Waals surface area contributed by atoms with E-state index in [0.29, 0.717) is 11.3 Å². The Labute approximate surface area is 277 Å². The van der Waals surface area contributed by atoms with Gasteiger partial charge in [-0.2, -0.15) is 0 Å². The van der Waals surface area contributed by atoms with Gasteiger partial charge in [0.2, 0.25) is 5.78 Å². The number of hydrogen-bond acceptors (Lipinski definition) is 5. The number of ketones is 1. The van der Waals surface area contributed by atoms with Crippen molar-refractivity contribution in [2.75, 3.05) is 4.90 Å². The first-order valence-electron chi connectivity index (χ1n) is 15.8. The zero-order valence-corrected chi connectivity index (χ0v) is 26.9. The van der Waals surface area contributed by atoms with Gasteiger partial charge in [-0.15, -0.1) is 11.3 Å². The van der Waals surface area contributed by atoms with Crippen LogP contribution in [0, 0.1) is 20.8 Å². The lowest BCUT2D eigenvalue weighted by Crippen LogP contribution is -2.35. The number of esters is 1. The van der Waals surface area contributed by atoms with Crippen LogP contribution in [0.3, 0.4) is 0 Å². The van der Waals surface area contributed by atoms with Crippen LogP contribution < -0.4 is 9.64 Å². The third-order valence-electron chi connectivity index (χ3n) is 9.78. The number of para-hydroxylation sites is 2. The Kier molecular flexibility index (Phi) is 5.90. The number of thiophene rings is 1. The summed E-state index contributed by atoms with van der Waals surface area (Å²) in [7, 11) is 0. The van der Waals surface area contributed by atoms with Crippen molar-refractivity contribution in [2.45, 2.75) is 26.2 Å². The lowest BCUT2D eigenvalue weighted by atomic mass is 9.66. The van der Waals surface area contributed by atoms with Crippen molar-refractivity contribution in [1.29, 1.82) is 0 Å². The Hall–Kier alpha value is -5.52. The lowest BCUT2D eigenvalue weighted by Gasteiger charge is -2.44. The Bertz CT molecular complexity index is 2310. The summed E-state index contributed by atoms with van der Waals surface area (Å²) in [5, 5.41) is 1.06. The monoisotopic (exact) mass is 627 g/mol. The highest BCUT2D eigenvalue weighted by atomic mass is 32.1. The van der Waals surface area contributed by atoms with Gasteiger partial charge in [-0.3, -0.25) is 4.79 Å². The minimum absolute atomic E-state index is 0.0373. The van der Waals surface area contributed by atoms with E-state index in [-0.39, 0.29) is 11.4 Å². The number of ether oxygens (including phenoxy) is 1. The van der Waals surface area contributed by atoms with E-state index in [1.807, 2.05) is 0 Å². The van der Waals surface area contributed by atoms with Crippen LogP contribution in [0.1, 0.15) is 54.2 Å². The highest BCUT2D eigenvalue weighted by Crippen LogP contribution is 2.65. The van der Waals surface area contributed by atoms with E-state index in [4.69, 9.17) is 4.74 Å². The number of aryl methyl sites for hydroxylation is 3. The average Bonchev–Trinajstić information content (AvgIpc) is 3.62. The van der Waals surface area contributed by atoms with E-state index in [1.54, 1.807) is 41.7 Å². The molecule has 0 saturated carbocycles. The first-order chi connectivity index (χ1) is 22.9. The van der Waals surface area contributed by atoms with Gasteiger partial charge in [0.05, 0.1) is 22.4 Å². The molecule has 4 nitrogen and oxygen atoms in total. The molecule has 0 radical (unpaired) electrons. The molecule has 0 amide bonds. The first kappa shape index (κ1) is 27.8. The number of nitrogens with zero attached hydrogens (tertiary/aromatic N) is 1. The van der Waals surface area contributed by atoms with Crippen LogP contribution >= 0.6 is 11.3 Å². The molecule has 226 valence electrons. The second kappa shape index (κ2) is 9.99. The SMILES string of the molecule is Cc1cc(C)c(N2c3ccccc3C3(c4ccccc4-c4ccccc43)c3cc(/C=C4\C(=O)Oc5ccccc5C4=O)sc32)c(C)c1. The molecular formula is C42H29NO3S. The fourth-order valence-electron chi connectivity index (χ4n) is 8.11. The Morgan fingerprint density at radius 3 is 1.91 bits per heavy atom. The molecule has 1 aliphatic carbocycles. The van der Waals surface area contributed by atoms with Gasteiger partial charge in [0.1, 0.15) is 16.3 Å². The maximum atomic E-state index is 13.7. The first-order valence-corrected chi connectivity index (χ1v) is 16.6. The minimum atomic E-state index is -0.628. The van der Waals surface area contributed by atoms with Crippen molar-refractivity contribution < 1.29 is 14.3 Å². The quantitative estimate of drug-likeness (QED) is 0.0828. The zero-order valence-electron chi connectivity index (χ0n) is 26.1. The number of Topliss-reactive ketones (excluding diaryl/α,β-unsaturated/α-hetero) is 1. The molecule has 1 spiro atoms. The molecular weight excluding hydrogens is 599 g/mol. The Balaban J connectivity index is 1.37. The average molecular weight is 628 g/mol. The fraction of sp³-hybridized carbons (Fsp3) is 0.0952.